The van der Waals surface area contributed by atoms with Gasteiger partial charge in [-0.1, -0.05) is 13.0 Å². The Kier molecular flexibility index (Phi) is 4.44. The smallest absolute Gasteiger partial charge is 0.229 e. The molecule has 0 amide bonds. The minimum absolute atomic E-state index is 0.0261. The molecule has 0 bridgehead atoms. The largest absolute Gasteiger partial charge is 0.379 e. The van der Waals surface area contributed by atoms with E-state index in [2.05, 4.69) is 25.9 Å². The zero-order valence-corrected chi connectivity index (χ0v) is 17.3. The number of aromatic nitrogens is 3. The molecule has 2 aromatic heterocycles. The predicted octanol–water partition coefficient (Wildman–Crippen LogP) is 3.39. The van der Waals surface area contributed by atoms with E-state index in [-0.39, 0.29) is 5.41 Å². The molecule has 3 aromatic rings. The van der Waals surface area contributed by atoms with Gasteiger partial charge in [-0.05, 0) is 42.3 Å². The first kappa shape index (κ1) is 18.4. The average Bonchev–Trinajstić information content (AvgIpc) is 3.08. The highest BCUT2D eigenvalue weighted by atomic mass is 32.2. The summed E-state index contributed by atoms with van der Waals surface area (Å²) in [6, 6.07) is 10.1. The van der Waals surface area contributed by atoms with Gasteiger partial charge in [0, 0.05) is 47.0 Å². The van der Waals surface area contributed by atoms with Crippen LogP contribution in [0.3, 0.4) is 0 Å². The third kappa shape index (κ3) is 3.05. The van der Waals surface area contributed by atoms with Gasteiger partial charge in [-0.15, -0.1) is 0 Å². The molecule has 1 spiro atoms. The van der Waals surface area contributed by atoms with Crippen molar-refractivity contribution >= 4 is 22.4 Å². The van der Waals surface area contributed by atoms with Gasteiger partial charge in [0.25, 0.3) is 0 Å². The van der Waals surface area contributed by atoms with Crippen molar-refractivity contribution in [2.75, 3.05) is 30.4 Å². The zero-order valence-electron chi connectivity index (χ0n) is 16.5. The molecule has 1 unspecified atom stereocenters. The van der Waals surface area contributed by atoms with Crippen molar-refractivity contribution in [2.24, 2.45) is 0 Å². The van der Waals surface area contributed by atoms with Crippen molar-refractivity contribution in [3.8, 4) is 11.3 Å². The van der Waals surface area contributed by atoms with E-state index in [1.54, 1.807) is 6.20 Å². The van der Waals surface area contributed by atoms with Gasteiger partial charge in [0.1, 0.15) is 0 Å². The summed E-state index contributed by atoms with van der Waals surface area (Å²) in [5.74, 6) is 1.24. The normalized spacial score (nSPS) is 17.8. The lowest BCUT2D eigenvalue weighted by atomic mass is 9.81. The molecule has 2 aliphatic rings. The van der Waals surface area contributed by atoms with Crippen LogP contribution in [0.25, 0.3) is 11.3 Å². The van der Waals surface area contributed by atoms with Crippen molar-refractivity contribution in [1.82, 2.24) is 15.0 Å². The third-order valence-corrected chi connectivity index (χ3v) is 6.97. The molecule has 7 heteroatoms. The molecule has 1 atom stereocenters. The highest BCUT2D eigenvalue weighted by molar-refractivity contribution is 7.85. The molecule has 5 rings (SSSR count). The second-order valence-electron chi connectivity index (χ2n) is 7.66. The predicted molar refractivity (Wildman–Crippen MR) is 113 cm³/mol. The number of fused-ring (bicyclic) bond motifs is 2. The summed E-state index contributed by atoms with van der Waals surface area (Å²) in [4.78, 5) is 16.7. The monoisotopic (exact) mass is 406 g/mol. The summed E-state index contributed by atoms with van der Waals surface area (Å²) in [5.41, 5.74) is 5.14. The van der Waals surface area contributed by atoms with Crippen molar-refractivity contribution < 1.29 is 8.95 Å². The second-order valence-corrected chi connectivity index (χ2v) is 9.40. The van der Waals surface area contributed by atoms with Gasteiger partial charge in [0.2, 0.25) is 5.95 Å². The lowest BCUT2D eigenvalue weighted by molar-refractivity contribution is -0.0507. The van der Waals surface area contributed by atoms with E-state index >= 15 is 0 Å². The Morgan fingerprint density at radius 1 is 1.14 bits per heavy atom. The highest BCUT2D eigenvalue weighted by Gasteiger charge is 2.49. The average molecular weight is 407 g/mol. The Morgan fingerprint density at radius 2 is 1.93 bits per heavy atom. The van der Waals surface area contributed by atoms with Crippen LogP contribution in [0.4, 0.5) is 11.6 Å². The fourth-order valence-electron chi connectivity index (χ4n) is 4.03. The fourth-order valence-corrected chi connectivity index (χ4v) is 4.82. The number of pyridine rings is 1. The van der Waals surface area contributed by atoms with Crippen LogP contribution in [-0.4, -0.2) is 44.7 Å². The van der Waals surface area contributed by atoms with Gasteiger partial charge in [-0.3, -0.25) is 9.19 Å². The maximum absolute atomic E-state index is 12.4. The zero-order chi connectivity index (χ0) is 20.0. The number of ether oxygens (including phenoxy) is 1. The first-order valence-electron chi connectivity index (χ1n) is 9.73. The lowest BCUT2D eigenvalue weighted by Crippen LogP contribution is -2.49. The van der Waals surface area contributed by atoms with E-state index in [0.717, 1.165) is 33.9 Å². The van der Waals surface area contributed by atoms with Gasteiger partial charge in [-0.25, -0.2) is 9.97 Å². The van der Waals surface area contributed by atoms with Crippen LogP contribution in [-0.2, 0) is 21.0 Å². The van der Waals surface area contributed by atoms with E-state index in [4.69, 9.17) is 4.74 Å². The number of rotatable bonds is 4. The summed E-state index contributed by atoms with van der Waals surface area (Å²) in [7, 11) is -1.00. The number of hydrogen-bond acceptors (Lipinski definition) is 6. The highest BCUT2D eigenvalue weighted by Crippen LogP contribution is 2.48. The van der Waals surface area contributed by atoms with Crippen LogP contribution >= 0.6 is 0 Å². The third-order valence-electron chi connectivity index (χ3n) is 5.66. The molecule has 0 N–H and O–H groups in total. The molecule has 1 fully saturated rings. The molecule has 0 aliphatic carbocycles. The molecule has 0 saturated carbocycles. The van der Waals surface area contributed by atoms with Crippen LogP contribution in [0.2, 0.25) is 0 Å². The lowest BCUT2D eigenvalue weighted by Gasteiger charge is -2.38. The van der Waals surface area contributed by atoms with E-state index in [0.29, 0.717) is 24.9 Å². The molecule has 6 nitrogen and oxygen atoms in total. The molecule has 148 valence electrons. The van der Waals surface area contributed by atoms with Gasteiger partial charge in [0.15, 0.2) is 0 Å². The molecule has 1 aromatic carbocycles. The molecule has 29 heavy (non-hydrogen) atoms. The van der Waals surface area contributed by atoms with E-state index in [1.807, 2.05) is 50.5 Å². The Bertz CT molecular complexity index is 1100. The van der Waals surface area contributed by atoms with Crippen molar-refractivity contribution in [3.63, 3.8) is 0 Å². The fraction of sp³-hybridized carbons (Fsp3) is 0.318. The molecule has 4 heterocycles. The Morgan fingerprint density at radius 3 is 2.59 bits per heavy atom. The maximum atomic E-state index is 12.4. The molecule has 0 radical (unpaired) electrons. The summed E-state index contributed by atoms with van der Waals surface area (Å²) in [6.07, 6.45) is 5.44. The Hall–Kier alpha value is -2.64. The van der Waals surface area contributed by atoms with Crippen molar-refractivity contribution in [1.29, 1.82) is 0 Å². The van der Waals surface area contributed by atoms with Crippen LogP contribution in [0.15, 0.2) is 53.8 Å². The minimum Gasteiger partial charge on any atom is -0.379 e. The molecule has 1 saturated heterocycles. The Balaban J connectivity index is 1.53. The van der Waals surface area contributed by atoms with E-state index in [1.165, 1.54) is 5.56 Å². The Labute approximate surface area is 172 Å². The van der Waals surface area contributed by atoms with Crippen molar-refractivity contribution in [2.45, 2.75) is 24.2 Å². The number of hydrogen-bond donors (Lipinski definition) is 0. The van der Waals surface area contributed by atoms with E-state index < -0.39 is 10.8 Å². The van der Waals surface area contributed by atoms with Crippen molar-refractivity contribution in [3.05, 3.63) is 60.0 Å². The van der Waals surface area contributed by atoms with Crippen LogP contribution in [0.5, 0.6) is 0 Å². The minimum atomic E-state index is -1.00. The first-order chi connectivity index (χ1) is 14.1. The summed E-state index contributed by atoms with van der Waals surface area (Å²) >= 11 is 0. The van der Waals surface area contributed by atoms with Crippen LogP contribution < -0.4 is 4.90 Å². The second kappa shape index (κ2) is 7.00. The topological polar surface area (TPSA) is 68.2 Å². The molecular weight excluding hydrogens is 384 g/mol. The van der Waals surface area contributed by atoms with Gasteiger partial charge in [0.05, 0.1) is 35.1 Å². The quantitative estimate of drug-likeness (QED) is 0.662. The number of anilines is 2. The standard InChI is InChI=1S/C22H22N4O2S/c1-3-29(27)17-4-5-18-20(9-17)26(12-22(18)13-28-14-22)21-24-10-16(11-25-21)19-8-15(2)6-7-23-19/h4-11H,3,12-14H2,1-2H3. The van der Waals surface area contributed by atoms with Crippen LogP contribution in [0, 0.1) is 6.92 Å². The number of benzene rings is 1. The molecule has 2 aliphatic heterocycles. The molecular formula is C22H22N4O2S. The number of aryl methyl sites for hydroxylation is 1. The van der Waals surface area contributed by atoms with Crippen LogP contribution in [0.1, 0.15) is 18.1 Å². The van der Waals surface area contributed by atoms with Gasteiger partial charge in [-0.2, -0.15) is 0 Å². The first-order valence-corrected chi connectivity index (χ1v) is 11.0. The van der Waals surface area contributed by atoms with Gasteiger partial charge < -0.3 is 9.64 Å². The maximum Gasteiger partial charge on any atom is 0.229 e. The summed E-state index contributed by atoms with van der Waals surface area (Å²) in [5, 5.41) is 0. The number of nitrogens with zero attached hydrogens (tertiary/aromatic N) is 4. The SMILES string of the molecule is CCS(=O)c1ccc2c(c1)N(c1ncc(-c3cc(C)ccn3)cn1)CC21COC1. The van der Waals surface area contributed by atoms with Gasteiger partial charge >= 0.3 is 0 Å². The summed E-state index contributed by atoms with van der Waals surface area (Å²) < 4.78 is 17.9. The van der Waals surface area contributed by atoms with E-state index in [9.17, 15) is 4.21 Å². The summed E-state index contributed by atoms with van der Waals surface area (Å²) in [6.45, 7) is 6.13.